The summed E-state index contributed by atoms with van der Waals surface area (Å²) in [7, 11) is 2.17. The summed E-state index contributed by atoms with van der Waals surface area (Å²) >= 11 is 5.42. The Morgan fingerprint density at radius 2 is 1.90 bits per heavy atom. The first-order valence-corrected chi connectivity index (χ1v) is 8.35. The number of hydrogen-bond donors (Lipinski definition) is 2. The molecule has 3 nitrogen and oxygen atoms in total. The third kappa shape index (κ3) is 4.97. The van der Waals surface area contributed by atoms with Gasteiger partial charge in [0.15, 0.2) is 5.11 Å². The van der Waals surface area contributed by atoms with E-state index in [0.29, 0.717) is 12.0 Å². The monoisotopic (exact) mass is 305 g/mol. The Morgan fingerprint density at radius 1 is 1.29 bits per heavy atom. The second-order valence-corrected chi connectivity index (χ2v) is 6.52. The van der Waals surface area contributed by atoms with Gasteiger partial charge in [-0.2, -0.15) is 0 Å². The lowest BCUT2D eigenvalue weighted by Crippen LogP contribution is -2.44. The summed E-state index contributed by atoms with van der Waals surface area (Å²) in [6.45, 7) is 6.76. The molecule has 1 atom stereocenters. The number of rotatable bonds is 4. The summed E-state index contributed by atoms with van der Waals surface area (Å²) in [5, 5.41) is 7.46. The quantitative estimate of drug-likeness (QED) is 0.832. The largest absolute Gasteiger partial charge is 0.360 e. The molecule has 1 aromatic carbocycles. The summed E-state index contributed by atoms with van der Waals surface area (Å²) in [6.07, 6.45) is 3.49. The van der Waals surface area contributed by atoms with Crippen molar-refractivity contribution in [1.29, 1.82) is 0 Å². The molecule has 1 heterocycles. The van der Waals surface area contributed by atoms with Gasteiger partial charge in [0.2, 0.25) is 0 Å². The molecule has 1 fully saturated rings. The summed E-state index contributed by atoms with van der Waals surface area (Å²) in [4.78, 5) is 2.36. The lowest BCUT2D eigenvalue weighted by atomic mass is 9.99. The molecular weight excluding hydrogens is 278 g/mol. The molecule has 116 valence electrons. The zero-order chi connectivity index (χ0) is 15.2. The maximum atomic E-state index is 5.42. The van der Waals surface area contributed by atoms with E-state index in [2.05, 4.69) is 60.7 Å². The first-order valence-electron chi connectivity index (χ1n) is 7.94. The number of hydrogen-bond acceptors (Lipinski definition) is 2. The van der Waals surface area contributed by atoms with E-state index in [0.717, 1.165) is 36.7 Å². The standard InChI is InChI=1S/C17H27N3S/c1-4-13(2)14-5-7-15(8-6-14)18-17(21)19-16-9-11-20(3)12-10-16/h5-8,13,16H,4,9-12H2,1-3H3,(H2,18,19,21)/t13-/m0/s1. The molecule has 0 aliphatic carbocycles. The van der Waals surface area contributed by atoms with Crippen LogP contribution in [0.4, 0.5) is 5.69 Å². The zero-order valence-corrected chi connectivity index (χ0v) is 14.2. The minimum atomic E-state index is 0.501. The summed E-state index contributed by atoms with van der Waals surface area (Å²) in [5.74, 6) is 0.614. The molecule has 0 saturated carbocycles. The second-order valence-electron chi connectivity index (χ2n) is 6.11. The van der Waals surface area contributed by atoms with E-state index in [9.17, 15) is 0 Å². The van der Waals surface area contributed by atoms with Gasteiger partial charge in [-0.1, -0.05) is 26.0 Å². The lowest BCUT2D eigenvalue weighted by molar-refractivity contribution is 0.247. The third-order valence-electron chi connectivity index (χ3n) is 4.40. The molecule has 1 aliphatic rings. The average molecular weight is 305 g/mol. The van der Waals surface area contributed by atoms with Crippen LogP contribution in [0.25, 0.3) is 0 Å². The van der Waals surface area contributed by atoms with Crippen LogP contribution in [-0.4, -0.2) is 36.2 Å². The highest BCUT2D eigenvalue weighted by Crippen LogP contribution is 2.20. The maximum Gasteiger partial charge on any atom is 0.170 e. The first kappa shape index (κ1) is 16.2. The third-order valence-corrected chi connectivity index (χ3v) is 4.62. The molecule has 2 rings (SSSR count). The zero-order valence-electron chi connectivity index (χ0n) is 13.4. The van der Waals surface area contributed by atoms with Gasteiger partial charge in [-0.3, -0.25) is 0 Å². The second kappa shape index (κ2) is 7.76. The van der Waals surface area contributed by atoms with Gasteiger partial charge in [-0.25, -0.2) is 0 Å². The van der Waals surface area contributed by atoms with Crippen molar-refractivity contribution < 1.29 is 0 Å². The molecular formula is C17H27N3S. The highest BCUT2D eigenvalue weighted by molar-refractivity contribution is 7.80. The number of benzene rings is 1. The van der Waals surface area contributed by atoms with Crippen molar-refractivity contribution in [2.75, 3.05) is 25.5 Å². The van der Waals surface area contributed by atoms with Gasteiger partial charge >= 0.3 is 0 Å². The van der Waals surface area contributed by atoms with Crippen LogP contribution in [0.1, 0.15) is 44.6 Å². The molecule has 1 aliphatic heterocycles. The molecule has 2 N–H and O–H groups in total. The van der Waals surface area contributed by atoms with Crippen molar-refractivity contribution in [3.63, 3.8) is 0 Å². The van der Waals surface area contributed by atoms with Crippen molar-refractivity contribution in [1.82, 2.24) is 10.2 Å². The number of likely N-dealkylation sites (tertiary alicyclic amines) is 1. The van der Waals surface area contributed by atoms with Crippen LogP contribution in [-0.2, 0) is 0 Å². The predicted octanol–water partition coefficient (Wildman–Crippen LogP) is 3.58. The molecule has 4 heteroatoms. The summed E-state index contributed by atoms with van der Waals surface area (Å²) < 4.78 is 0. The SMILES string of the molecule is CC[C@H](C)c1ccc(NC(=S)NC2CCN(C)CC2)cc1. The molecule has 0 unspecified atom stereocenters. The Bertz CT molecular complexity index is 450. The summed E-state index contributed by atoms with van der Waals surface area (Å²) in [5.41, 5.74) is 2.45. The van der Waals surface area contributed by atoms with Crippen molar-refractivity contribution in [2.24, 2.45) is 0 Å². The van der Waals surface area contributed by atoms with E-state index in [1.807, 2.05) is 0 Å². The van der Waals surface area contributed by atoms with Crippen molar-refractivity contribution >= 4 is 23.0 Å². The van der Waals surface area contributed by atoms with Gasteiger partial charge < -0.3 is 15.5 Å². The van der Waals surface area contributed by atoms with Crippen LogP contribution in [0.15, 0.2) is 24.3 Å². The average Bonchev–Trinajstić information content (AvgIpc) is 2.49. The van der Waals surface area contributed by atoms with E-state index >= 15 is 0 Å². The molecule has 0 spiro atoms. The lowest BCUT2D eigenvalue weighted by Gasteiger charge is -2.30. The van der Waals surface area contributed by atoms with Crippen molar-refractivity contribution in [3.8, 4) is 0 Å². The fourth-order valence-corrected chi connectivity index (χ4v) is 2.92. The maximum absolute atomic E-state index is 5.42. The fraction of sp³-hybridized carbons (Fsp3) is 0.588. The Balaban J connectivity index is 1.82. The van der Waals surface area contributed by atoms with Crippen molar-refractivity contribution in [3.05, 3.63) is 29.8 Å². The summed E-state index contributed by atoms with van der Waals surface area (Å²) in [6, 6.07) is 9.11. The van der Waals surface area contributed by atoms with Crippen LogP contribution < -0.4 is 10.6 Å². The van der Waals surface area contributed by atoms with Gasteiger partial charge in [-0.05, 0) is 75.2 Å². The highest BCUT2D eigenvalue weighted by Gasteiger charge is 2.17. The van der Waals surface area contributed by atoms with Crippen molar-refractivity contribution in [2.45, 2.75) is 45.1 Å². The van der Waals surface area contributed by atoms with E-state index in [1.54, 1.807) is 0 Å². The van der Waals surface area contributed by atoms with Gasteiger partial charge in [-0.15, -0.1) is 0 Å². The van der Waals surface area contributed by atoms with Gasteiger partial charge in [0.1, 0.15) is 0 Å². The molecule has 1 saturated heterocycles. The Morgan fingerprint density at radius 3 is 2.48 bits per heavy atom. The molecule has 1 aromatic rings. The number of thiocarbonyl (C=S) groups is 1. The van der Waals surface area contributed by atoms with E-state index < -0.39 is 0 Å². The Kier molecular flexibility index (Phi) is 6.00. The molecule has 0 radical (unpaired) electrons. The topological polar surface area (TPSA) is 27.3 Å². The normalized spacial score (nSPS) is 18.2. The van der Waals surface area contributed by atoms with Crippen LogP contribution in [0.5, 0.6) is 0 Å². The van der Waals surface area contributed by atoms with E-state index in [4.69, 9.17) is 12.2 Å². The van der Waals surface area contributed by atoms with Gasteiger partial charge in [0.05, 0.1) is 0 Å². The molecule has 0 bridgehead atoms. The number of anilines is 1. The predicted molar refractivity (Wildman–Crippen MR) is 95.0 cm³/mol. The van der Waals surface area contributed by atoms with Crippen LogP contribution in [0.3, 0.4) is 0 Å². The first-order chi connectivity index (χ1) is 10.1. The van der Waals surface area contributed by atoms with E-state index in [-0.39, 0.29) is 0 Å². The van der Waals surface area contributed by atoms with Crippen LogP contribution >= 0.6 is 12.2 Å². The fourth-order valence-electron chi connectivity index (χ4n) is 2.64. The number of nitrogens with zero attached hydrogens (tertiary/aromatic N) is 1. The van der Waals surface area contributed by atoms with Gasteiger partial charge in [0, 0.05) is 11.7 Å². The molecule has 21 heavy (non-hydrogen) atoms. The van der Waals surface area contributed by atoms with Crippen LogP contribution in [0.2, 0.25) is 0 Å². The highest BCUT2D eigenvalue weighted by atomic mass is 32.1. The van der Waals surface area contributed by atoms with Crippen LogP contribution in [0, 0.1) is 0 Å². The van der Waals surface area contributed by atoms with E-state index in [1.165, 1.54) is 12.0 Å². The smallest absolute Gasteiger partial charge is 0.170 e. The Hall–Kier alpha value is -1.13. The molecule has 0 aromatic heterocycles. The number of nitrogens with one attached hydrogen (secondary N) is 2. The molecule has 0 amide bonds. The number of piperidine rings is 1. The minimum Gasteiger partial charge on any atom is -0.360 e. The minimum absolute atomic E-state index is 0.501. The Labute approximate surface area is 134 Å². The van der Waals surface area contributed by atoms with Gasteiger partial charge in [0.25, 0.3) is 0 Å².